The number of aliphatic imine (C=N–C) groups is 1. The van der Waals surface area contributed by atoms with E-state index in [-0.39, 0.29) is 36.2 Å². The maximum Gasteiger partial charge on any atom is 0.213 e. The topological polar surface area (TPSA) is 68.2 Å². The maximum absolute atomic E-state index is 5.92. The predicted octanol–water partition coefficient (Wildman–Crippen LogP) is 2.05. The van der Waals surface area contributed by atoms with E-state index in [1.54, 1.807) is 6.20 Å². The largest absolute Gasteiger partial charge is 0.478 e. The molecule has 0 saturated carbocycles. The Balaban J connectivity index is 0.00000243. The fourth-order valence-electron chi connectivity index (χ4n) is 3.29. The molecule has 0 bridgehead atoms. The minimum absolute atomic E-state index is 0. The van der Waals surface area contributed by atoms with Crippen LogP contribution in [0.2, 0.25) is 0 Å². The van der Waals surface area contributed by atoms with E-state index in [0.29, 0.717) is 25.6 Å². The molecule has 0 aliphatic carbocycles. The standard InChI is InChI=1S/C18H28N4O3.HI/c1-3-23-17-11-14(6-7-20-17)12-21-18(19-2)22-8-10-25-16(13-22)15-5-4-9-24-15;/h6-7,11,15-16H,3-5,8-10,12-13H2,1-2H3,(H,19,21);1H. The molecule has 1 N–H and O–H groups in total. The molecule has 1 aromatic rings. The normalized spacial score (nSPS) is 23.5. The summed E-state index contributed by atoms with van der Waals surface area (Å²) >= 11 is 0. The van der Waals surface area contributed by atoms with Crippen LogP contribution in [0.3, 0.4) is 0 Å². The number of rotatable bonds is 5. The van der Waals surface area contributed by atoms with Gasteiger partial charge in [-0.3, -0.25) is 4.99 Å². The van der Waals surface area contributed by atoms with Gasteiger partial charge in [-0.2, -0.15) is 0 Å². The molecule has 3 heterocycles. The molecule has 0 radical (unpaired) electrons. The lowest BCUT2D eigenvalue weighted by Gasteiger charge is -2.37. The van der Waals surface area contributed by atoms with Gasteiger partial charge in [0.25, 0.3) is 0 Å². The number of aromatic nitrogens is 1. The maximum atomic E-state index is 5.92. The van der Waals surface area contributed by atoms with Gasteiger partial charge in [0.15, 0.2) is 5.96 Å². The van der Waals surface area contributed by atoms with Crippen molar-refractivity contribution in [3.05, 3.63) is 23.9 Å². The monoisotopic (exact) mass is 476 g/mol. The Morgan fingerprint density at radius 2 is 2.23 bits per heavy atom. The Morgan fingerprint density at radius 1 is 1.38 bits per heavy atom. The second-order valence-corrected chi connectivity index (χ2v) is 6.24. The van der Waals surface area contributed by atoms with Gasteiger partial charge in [-0.05, 0) is 31.4 Å². The first-order valence-electron chi connectivity index (χ1n) is 9.06. The van der Waals surface area contributed by atoms with Crippen LogP contribution in [0, 0.1) is 0 Å². The van der Waals surface area contributed by atoms with E-state index in [0.717, 1.165) is 44.1 Å². The molecule has 0 spiro atoms. The predicted molar refractivity (Wildman–Crippen MR) is 111 cm³/mol. The Morgan fingerprint density at radius 3 is 2.96 bits per heavy atom. The second-order valence-electron chi connectivity index (χ2n) is 6.24. The number of ether oxygens (including phenoxy) is 3. The zero-order valence-corrected chi connectivity index (χ0v) is 17.8. The average Bonchev–Trinajstić information content (AvgIpc) is 3.18. The molecule has 8 heteroatoms. The van der Waals surface area contributed by atoms with Gasteiger partial charge in [0.1, 0.15) is 6.10 Å². The van der Waals surface area contributed by atoms with Gasteiger partial charge in [0.2, 0.25) is 5.88 Å². The number of guanidine groups is 1. The van der Waals surface area contributed by atoms with Gasteiger partial charge in [-0.25, -0.2) is 4.98 Å². The van der Waals surface area contributed by atoms with Crippen molar-refractivity contribution < 1.29 is 14.2 Å². The molecule has 2 unspecified atom stereocenters. The SMILES string of the molecule is CCOc1cc(CNC(=NC)N2CCOC(C3CCCO3)C2)ccn1.I. The van der Waals surface area contributed by atoms with Gasteiger partial charge >= 0.3 is 0 Å². The fourth-order valence-corrected chi connectivity index (χ4v) is 3.29. The van der Waals surface area contributed by atoms with Crippen LogP contribution >= 0.6 is 24.0 Å². The van der Waals surface area contributed by atoms with E-state index in [2.05, 4.69) is 20.2 Å². The van der Waals surface area contributed by atoms with Crippen LogP contribution in [-0.4, -0.2) is 68.0 Å². The molecule has 2 aliphatic heterocycles. The fraction of sp³-hybridized carbons (Fsp3) is 0.667. The smallest absolute Gasteiger partial charge is 0.213 e. The summed E-state index contributed by atoms with van der Waals surface area (Å²) in [5.74, 6) is 1.54. The highest BCUT2D eigenvalue weighted by Crippen LogP contribution is 2.21. The number of nitrogens with zero attached hydrogens (tertiary/aromatic N) is 3. The molecule has 2 fully saturated rings. The molecular weight excluding hydrogens is 447 g/mol. The number of nitrogens with one attached hydrogen (secondary N) is 1. The van der Waals surface area contributed by atoms with Crippen molar-refractivity contribution in [2.24, 2.45) is 4.99 Å². The summed E-state index contributed by atoms with van der Waals surface area (Å²) in [5.41, 5.74) is 1.11. The zero-order chi connectivity index (χ0) is 17.5. The number of hydrogen-bond donors (Lipinski definition) is 1. The molecule has 26 heavy (non-hydrogen) atoms. The van der Waals surface area contributed by atoms with Gasteiger partial charge < -0.3 is 24.4 Å². The Hall–Kier alpha value is -1.13. The first kappa shape index (κ1) is 21.2. The molecule has 1 aromatic heterocycles. The van der Waals surface area contributed by atoms with Gasteiger partial charge in [0, 0.05) is 45.6 Å². The van der Waals surface area contributed by atoms with E-state index < -0.39 is 0 Å². The highest BCUT2D eigenvalue weighted by atomic mass is 127. The highest BCUT2D eigenvalue weighted by Gasteiger charge is 2.32. The van der Waals surface area contributed by atoms with Crippen molar-refractivity contribution in [2.75, 3.05) is 40.0 Å². The lowest BCUT2D eigenvalue weighted by Crippen LogP contribution is -2.53. The van der Waals surface area contributed by atoms with Crippen molar-refractivity contribution in [1.82, 2.24) is 15.2 Å². The van der Waals surface area contributed by atoms with Crippen molar-refractivity contribution in [2.45, 2.75) is 38.5 Å². The van der Waals surface area contributed by atoms with Gasteiger partial charge in [-0.1, -0.05) is 0 Å². The first-order chi connectivity index (χ1) is 12.3. The molecule has 2 saturated heterocycles. The van der Waals surface area contributed by atoms with E-state index in [1.807, 2.05) is 26.1 Å². The molecule has 0 aromatic carbocycles. The van der Waals surface area contributed by atoms with Gasteiger partial charge in [0.05, 0.1) is 19.3 Å². The van der Waals surface area contributed by atoms with E-state index in [9.17, 15) is 0 Å². The van der Waals surface area contributed by atoms with Crippen LogP contribution in [0.25, 0.3) is 0 Å². The number of pyridine rings is 1. The third-order valence-corrected chi connectivity index (χ3v) is 4.53. The van der Waals surface area contributed by atoms with Crippen molar-refractivity contribution in [3.63, 3.8) is 0 Å². The highest BCUT2D eigenvalue weighted by molar-refractivity contribution is 14.0. The van der Waals surface area contributed by atoms with E-state index in [4.69, 9.17) is 14.2 Å². The average molecular weight is 476 g/mol. The molecule has 0 amide bonds. The third-order valence-electron chi connectivity index (χ3n) is 4.53. The van der Waals surface area contributed by atoms with E-state index in [1.165, 1.54) is 0 Å². The quantitative estimate of drug-likeness (QED) is 0.399. The Kier molecular flexibility index (Phi) is 8.86. The van der Waals surface area contributed by atoms with Crippen LogP contribution in [0.5, 0.6) is 5.88 Å². The summed E-state index contributed by atoms with van der Waals surface area (Å²) in [6.45, 7) is 6.45. The minimum atomic E-state index is 0. The molecular formula is C18H29IN4O3. The molecule has 2 aliphatic rings. The summed E-state index contributed by atoms with van der Waals surface area (Å²) < 4.78 is 17.2. The zero-order valence-electron chi connectivity index (χ0n) is 15.5. The van der Waals surface area contributed by atoms with Crippen molar-refractivity contribution in [3.8, 4) is 5.88 Å². The minimum Gasteiger partial charge on any atom is -0.478 e. The summed E-state index contributed by atoms with van der Waals surface area (Å²) in [6, 6.07) is 3.94. The summed E-state index contributed by atoms with van der Waals surface area (Å²) in [5, 5.41) is 3.43. The Labute approximate surface area is 172 Å². The number of morpholine rings is 1. The van der Waals surface area contributed by atoms with Crippen molar-refractivity contribution >= 4 is 29.9 Å². The lowest BCUT2D eigenvalue weighted by atomic mass is 10.1. The van der Waals surface area contributed by atoms with Crippen LogP contribution in [0.15, 0.2) is 23.3 Å². The summed E-state index contributed by atoms with van der Waals surface area (Å²) in [7, 11) is 1.82. The third kappa shape index (κ3) is 5.68. The molecule has 3 rings (SSSR count). The molecule has 7 nitrogen and oxygen atoms in total. The van der Waals surface area contributed by atoms with Crippen molar-refractivity contribution in [1.29, 1.82) is 0 Å². The van der Waals surface area contributed by atoms with Crippen LogP contribution in [0.4, 0.5) is 0 Å². The summed E-state index contributed by atoms with van der Waals surface area (Å²) in [4.78, 5) is 10.9. The lowest BCUT2D eigenvalue weighted by molar-refractivity contribution is -0.0817. The molecule has 146 valence electrons. The summed E-state index contributed by atoms with van der Waals surface area (Å²) in [6.07, 6.45) is 4.33. The van der Waals surface area contributed by atoms with E-state index >= 15 is 0 Å². The molecule has 2 atom stereocenters. The number of hydrogen-bond acceptors (Lipinski definition) is 5. The van der Waals surface area contributed by atoms with Crippen LogP contribution in [0.1, 0.15) is 25.3 Å². The van der Waals surface area contributed by atoms with Gasteiger partial charge in [-0.15, -0.1) is 24.0 Å². The second kappa shape index (κ2) is 10.9. The Bertz CT molecular complexity index is 581. The number of halogens is 1. The van der Waals surface area contributed by atoms with Crippen LogP contribution in [-0.2, 0) is 16.0 Å². The first-order valence-corrected chi connectivity index (χ1v) is 9.06. The van der Waals surface area contributed by atoms with Crippen LogP contribution < -0.4 is 10.1 Å².